The van der Waals surface area contributed by atoms with Crippen molar-refractivity contribution in [1.82, 2.24) is 0 Å². The number of hydrogen-bond donors (Lipinski definition) is 1. The second-order valence-corrected chi connectivity index (χ2v) is 7.24. The topological polar surface area (TPSA) is 65.4 Å². The lowest BCUT2D eigenvalue weighted by molar-refractivity contribution is -0.124. The Balaban J connectivity index is 1.74. The van der Waals surface area contributed by atoms with Gasteiger partial charge in [-0.05, 0) is 49.1 Å². The van der Waals surface area contributed by atoms with Crippen LogP contribution in [-0.4, -0.2) is 25.1 Å². The van der Waals surface area contributed by atoms with Gasteiger partial charge in [-0.15, -0.1) is 0 Å². The van der Waals surface area contributed by atoms with E-state index in [2.05, 4.69) is 11.4 Å². The monoisotopic (exact) mass is 381 g/mol. The summed E-state index contributed by atoms with van der Waals surface area (Å²) >= 11 is 0. The first-order chi connectivity index (χ1) is 13.5. The molecule has 1 amide bonds. The van der Waals surface area contributed by atoms with Gasteiger partial charge in [-0.2, -0.15) is 5.26 Å². The smallest absolute Gasteiger partial charge is 0.265 e. The largest absolute Gasteiger partial charge is 0.479 e. The van der Waals surface area contributed by atoms with Crippen molar-refractivity contribution in [2.24, 2.45) is 5.92 Å². The lowest BCUT2D eigenvalue weighted by atomic mass is 10.1. The van der Waals surface area contributed by atoms with Crippen LogP contribution in [0.3, 0.4) is 0 Å². The van der Waals surface area contributed by atoms with Crippen LogP contribution in [0.2, 0.25) is 0 Å². The Morgan fingerprint density at radius 3 is 2.57 bits per heavy atom. The Morgan fingerprint density at radius 1 is 1.21 bits per heavy atom. The number of carbonyl (C=O) groups is 1. The van der Waals surface area contributed by atoms with Crippen molar-refractivity contribution in [2.75, 3.05) is 23.3 Å². The molecule has 0 bridgehead atoms. The molecule has 1 fully saturated rings. The highest BCUT2D eigenvalue weighted by atomic mass is 19.1. The van der Waals surface area contributed by atoms with Gasteiger partial charge in [-0.1, -0.05) is 26.0 Å². The first-order valence-electron chi connectivity index (χ1n) is 9.50. The van der Waals surface area contributed by atoms with Crippen LogP contribution in [-0.2, 0) is 4.79 Å². The SMILES string of the molecule is CC(C)C(Oc1ccccc1C#N)C(=O)Nc1ccc(N2CCCC2)c(F)c1. The molecule has 2 aromatic carbocycles. The fourth-order valence-corrected chi connectivity index (χ4v) is 3.30. The maximum atomic E-state index is 14.5. The van der Waals surface area contributed by atoms with Crippen LogP contribution < -0.4 is 15.0 Å². The summed E-state index contributed by atoms with van der Waals surface area (Å²) in [4.78, 5) is 14.8. The third-order valence-electron chi connectivity index (χ3n) is 4.79. The summed E-state index contributed by atoms with van der Waals surface area (Å²) in [5.74, 6) is -0.512. The van der Waals surface area contributed by atoms with Crippen molar-refractivity contribution in [3.63, 3.8) is 0 Å². The number of anilines is 2. The van der Waals surface area contributed by atoms with Crippen molar-refractivity contribution >= 4 is 17.3 Å². The van der Waals surface area contributed by atoms with Crippen molar-refractivity contribution in [2.45, 2.75) is 32.8 Å². The number of carbonyl (C=O) groups excluding carboxylic acids is 1. The van der Waals surface area contributed by atoms with E-state index >= 15 is 0 Å². The summed E-state index contributed by atoms with van der Waals surface area (Å²) in [7, 11) is 0. The van der Waals surface area contributed by atoms with Crippen LogP contribution in [0.5, 0.6) is 5.75 Å². The fraction of sp³-hybridized carbons (Fsp3) is 0.364. The number of benzene rings is 2. The molecule has 1 unspecified atom stereocenters. The molecular formula is C22H24FN3O2. The van der Waals surface area contributed by atoms with Crippen LogP contribution in [0.25, 0.3) is 0 Å². The number of para-hydroxylation sites is 1. The average Bonchev–Trinajstić information content (AvgIpc) is 3.20. The van der Waals surface area contributed by atoms with Gasteiger partial charge in [0.05, 0.1) is 11.3 Å². The molecule has 146 valence electrons. The van der Waals surface area contributed by atoms with E-state index in [9.17, 15) is 14.4 Å². The first-order valence-corrected chi connectivity index (χ1v) is 9.50. The average molecular weight is 381 g/mol. The molecule has 2 aromatic rings. The van der Waals surface area contributed by atoms with E-state index in [0.29, 0.717) is 22.7 Å². The predicted molar refractivity (Wildman–Crippen MR) is 107 cm³/mol. The Hall–Kier alpha value is -3.07. The third-order valence-corrected chi connectivity index (χ3v) is 4.79. The zero-order valence-corrected chi connectivity index (χ0v) is 16.1. The lowest BCUT2D eigenvalue weighted by Crippen LogP contribution is -2.37. The Kier molecular flexibility index (Phi) is 6.15. The van der Waals surface area contributed by atoms with Gasteiger partial charge in [0, 0.05) is 18.8 Å². The second-order valence-electron chi connectivity index (χ2n) is 7.24. The quantitative estimate of drug-likeness (QED) is 0.808. The summed E-state index contributed by atoms with van der Waals surface area (Å²) in [5, 5.41) is 11.9. The van der Waals surface area contributed by atoms with Crippen molar-refractivity contribution in [1.29, 1.82) is 5.26 Å². The van der Waals surface area contributed by atoms with E-state index < -0.39 is 6.10 Å². The standard InChI is InChI=1S/C22H24FN3O2/c1-15(2)21(28-20-8-4-3-7-16(20)14-24)22(27)25-17-9-10-19(18(23)13-17)26-11-5-6-12-26/h3-4,7-10,13,15,21H,5-6,11-12H2,1-2H3,(H,25,27). The van der Waals surface area contributed by atoms with Crippen LogP contribution >= 0.6 is 0 Å². The number of nitrogens with zero attached hydrogens (tertiary/aromatic N) is 2. The number of hydrogen-bond acceptors (Lipinski definition) is 4. The zero-order chi connectivity index (χ0) is 20.1. The van der Waals surface area contributed by atoms with Crippen LogP contribution in [0.15, 0.2) is 42.5 Å². The first kappa shape index (κ1) is 19.7. The highest BCUT2D eigenvalue weighted by Crippen LogP contribution is 2.27. The van der Waals surface area contributed by atoms with Gasteiger partial charge in [0.15, 0.2) is 6.10 Å². The number of ether oxygens (including phenoxy) is 1. The predicted octanol–water partition coefficient (Wildman–Crippen LogP) is 4.34. The molecule has 0 aliphatic carbocycles. The molecule has 0 radical (unpaired) electrons. The van der Waals surface area contributed by atoms with E-state index in [0.717, 1.165) is 25.9 Å². The minimum Gasteiger partial charge on any atom is -0.479 e. The molecule has 0 spiro atoms. The summed E-state index contributed by atoms with van der Waals surface area (Å²) in [5.41, 5.74) is 1.31. The molecule has 0 aromatic heterocycles. The van der Waals surface area contributed by atoms with Gasteiger partial charge in [-0.3, -0.25) is 4.79 Å². The number of halogens is 1. The molecule has 28 heavy (non-hydrogen) atoms. The summed E-state index contributed by atoms with van der Waals surface area (Å²) < 4.78 is 20.3. The molecule has 6 heteroatoms. The molecule has 1 aliphatic heterocycles. The van der Waals surface area contributed by atoms with Crippen LogP contribution in [0, 0.1) is 23.1 Å². The van der Waals surface area contributed by atoms with E-state index in [-0.39, 0.29) is 17.6 Å². The molecule has 0 saturated carbocycles. The number of nitriles is 1. The fourth-order valence-electron chi connectivity index (χ4n) is 3.30. The summed E-state index contributed by atoms with van der Waals surface area (Å²) in [6.45, 7) is 5.42. The number of rotatable bonds is 6. The van der Waals surface area contributed by atoms with Gasteiger partial charge in [-0.25, -0.2) is 4.39 Å². The van der Waals surface area contributed by atoms with Gasteiger partial charge in [0.2, 0.25) is 0 Å². The van der Waals surface area contributed by atoms with E-state index in [1.165, 1.54) is 6.07 Å². The second kappa shape index (κ2) is 8.75. The van der Waals surface area contributed by atoms with Crippen LogP contribution in [0.1, 0.15) is 32.3 Å². The molecule has 1 saturated heterocycles. The number of nitrogens with one attached hydrogen (secondary N) is 1. The van der Waals surface area contributed by atoms with Crippen LogP contribution in [0.4, 0.5) is 15.8 Å². The highest BCUT2D eigenvalue weighted by molar-refractivity contribution is 5.94. The molecule has 1 aliphatic rings. The van der Waals surface area contributed by atoms with Gasteiger partial charge in [0.25, 0.3) is 5.91 Å². The van der Waals surface area contributed by atoms with E-state index in [1.54, 1.807) is 36.4 Å². The van der Waals surface area contributed by atoms with E-state index in [1.807, 2.05) is 18.7 Å². The maximum absolute atomic E-state index is 14.5. The summed E-state index contributed by atoms with van der Waals surface area (Å²) in [6, 6.07) is 13.6. The van der Waals surface area contributed by atoms with Crippen molar-refractivity contribution < 1.29 is 13.9 Å². The molecule has 1 N–H and O–H groups in total. The maximum Gasteiger partial charge on any atom is 0.265 e. The molecule has 5 nitrogen and oxygen atoms in total. The third kappa shape index (κ3) is 4.42. The number of amides is 1. The van der Waals surface area contributed by atoms with E-state index in [4.69, 9.17) is 4.74 Å². The van der Waals surface area contributed by atoms with Crippen molar-refractivity contribution in [3.8, 4) is 11.8 Å². The molecular weight excluding hydrogens is 357 g/mol. The normalized spacial score (nSPS) is 14.6. The van der Waals surface area contributed by atoms with Gasteiger partial charge >= 0.3 is 0 Å². The van der Waals surface area contributed by atoms with Gasteiger partial charge in [0.1, 0.15) is 17.6 Å². The molecule has 3 rings (SSSR count). The summed E-state index contributed by atoms with van der Waals surface area (Å²) in [6.07, 6.45) is 1.32. The minimum absolute atomic E-state index is 0.138. The Morgan fingerprint density at radius 2 is 1.93 bits per heavy atom. The minimum atomic E-state index is -0.809. The molecule has 1 atom stereocenters. The Bertz CT molecular complexity index is 886. The Labute approximate surface area is 164 Å². The van der Waals surface area contributed by atoms with Gasteiger partial charge < -0.3 is 15.0 Å². The zero-order valence-electron chi connectivity index (χ0n) is 16.1. The molecule has 1 heterocycles. The highest BCUT2D eigenvalue weighted by Gasteiger charge is 2.26. The lowest BCUT2D eigenvalue weighted by Gasteiger charge is -2.23. The van der Waals surface area contributed by atoms with Crippen molar-refractivity contribution in [3.05, 3.63) is 53.8 Å².